The van der Waals surface area contributed by atoms with Crippen molar-refractivity contribution in [2.24, 2.45) is 0 Å². The van der Waals surface area contributed by atoms with Gasteiger partial charge in [0, 0.05) is 0 Å². The molecule has 1 aromatic carbocycles. The Morgan fingerprint density at radius 3 is 2.64 bits per heavy atom. The van der Waals surface area contributed by atoms with Gasteiger partial charge in [-0.05, 0) is 36.4 Å². The van der Waals surface area contributed by atoms with E-state index in [9.17, 15) is 4.79 Å². The van der Waals surface area contributed by atoms with Crippen LogP contribution in [0.5, 0.6) is 5.75 Å². The Labute approximate surface area is 165 Å². The monoisotopic (exact) mass is 395 g/mol. The Morgan fingerprint density at radius 2 is 1.89 bits per heavy atom. The molecule has 0 N–H and O–H groups in total. The number of carbonyl (C=O) groups is 1. The van der Waals surface area contributed by atoms with Gasteiger partial charge in [-0.2, -0.15) is 0 Å². The van der Waals surface area contributed by atoms with Crippen LogP contribution < -0.4 is 4.74 Å². The third kappa shape index (κ3) is 3.72. The summed E-state index contributed by atoms with van der Waals surface area (Å²) in [6, 6.07) is 14.5. The normalized spacial score (nSPS) is 10.9. The summed E-state index contributed by atoms with van der Waals surface area (Å²) in [6.07, 6.45) is 3.20. The molecule has 0 aliphatic rings. The topological polar surface area (TPSA) is 83.3 Å². The van der Waals surface area contributed by atoms with Crippen LogP contribution in [0.4, 0.5) is 0 Å². The van der Waals surface area contributed by atoms with Crippen molar-refractivity contribution in [3.05, 3.63) is 72.4 Å². The van der Waals surface area contributed by atoms with Crippen LogP contribution in [-0.4, -0.2) is 33.4 Å². The zero-order valence-corrected chi connectivity index (χ0v) is 15.9. The minimum atomic E-state index is -0.0467. The fourth-order valence-corrected chi connectivity index (χ4v) is 3.59. The van der Waals surface area contributed by atoms with Crippen LogP contribution in [0.2, 0.25) is 0 Å². The molecule has 0 fully saturated rings. The lowest BCUT2D eigenvalue weighted by molar-refractivity contribution is 0.101. The zero-order valence-electron chi connectivity index (χ0n) is 15.1. The zero-order chi connectivity index (χ0) is 19.3. The lowest BCUT2D eigenvalue weighted by Gasteiger charge is -2.09. The lowest BCUT2D eigenvalue weighted by atomic mass is 10.1. The van der Waals surface area contributed by atoms with Crippen molar-refractivity contribution in [3.8, 4) is 17.3 Å². The molecule has 0 bridgehead atoms. The van der Waals surface area contributed by atoms with Gasteiger partial charge in [0.05, 0.1) is 37.5 Å². The largest absolute Gasteiger partial charge is 0.496 e. The minimum Gasteiger partial charge on any atom is -0.496 e. The molecule has 0 saturated carbocycles. The standard InChI is InChI=1S/C20H17N3O4S/c1-25-17-8-3-2-7-15(17)16(24)13-28-20-22-21-19(18-9-5-11-27-18)23(20)12-14-6-4-10-26-14/h2-11H,12-13H2,1H3. The lowest BCUT2D eigenvalue weighted by Crippen LogP contribution is -2.07. The highest BCUT2D eigenvalue weighted by atomic mass is 32.2. The van der Waals surface area contributed by atoms with E-state index in [0.29, 0.717) is 34.6 Å². The van der Waals surface area contributed by atoms with Gasteiger partial charge in [-0.3, -0.25) is 9.36 Å². The van der Waals surface area contributed by atoms with E-state index in [1.807, 2.05) is 34.9 Å². The quantitative estimate of drug-likeness (QED) is 0.327. The summed E-state index contributed by atoms with van der Waals surface area (Å²) >= 11 is 1.31. The number of para-hydroxylation sites is 1. The van der Waals surface area contributed by atoms with Gasteiger partial charge >= 0.3 is 0 Å². The van der Waals surface area contributed by atoms with E-state index < -0.39 is 0 Å². The summed E-state index contributed by atoms with van der Waals surface area (Å²) in [4.78, 5) is 12.7. The smallest absolute Gasteiger partial charge is 0.200 e. The van der Waals surface area contributed by atoms with Gasteiger partial charge < -0.3 is 13.6 Å². The molecule has 0 saturated heterocycles. The molecule has 7 nitrogen and oxygen atoms in total. The predicted octanol–water partition coefficient (Wildman–Crippen LogP) is 4.16. The summed E-state index contributed by atoms with van der Waals surface area (Å²) in [7, 11) is 1.55. The molecule has 0 aliphatic carbocycles. The highest BCUT2D eigenvalue weighted by Gasteiger charge is 2.19. The second-order valence-electron chi connectivity index (χ2n) is 5.86. The van der Waals surface area contributed by atoms with Crippen LogP contribution in [0.1, 0.15) is 16.1 Å². The first kappa shape index (κ1) is 18.1. The summed E-state index contributed by atoms with van der Waals surface area (Å²) < 4.78 is 18.1. The van der Waals surface area contributed by atoms with Gasteiger partial charge in [-0.15, -0.1) is 10.2 Å². The molecule has 0 aliphatic heterocycles. The van der Waals surface area contributed by atoms with Crippen molar-refractivity contribution in [1.82, 2.24) is 14.8 Å². The Hall–Kier alpha value is -3.26. The van der Waals surface area contributed by atoms with Gasteiger partial charge in [0.1, 0.15) is 11.5 Å². The maximum atomic E-state index is 12.7. The Kier molecular flexibility index (Phi) is 5.29. The van der Waals surface area contributed by atoms with Gasteiger partial charge in [0.25, 0.3) is 0 Å². The van der Waals surface area contributed by atoms with Gasteiger partial charge in [-0.1, -0.05) is 23.9 Å². The molecular weight excluding hydrogens is 378 g/mol. The Balaban J connectivity index is 1.58. The molecular formula is C20H17N3O4S. The first-order chi connectivity index (χ1) is 13.8. The van der Waals surface area contributed by atoms with Gasteiger partial charge in [-0.25, -0.2) is 0 Å². The SMILES string of the molecule is COc1ccccc1C(=O)CSc1nnc(-c2ccco2)n1Cc1ccco1. The van der Waals surface area contributed by atoms with E-state index in [0.717, 1.165) is 5.76 Å². The molecule has 0 radical (unpaired) electrons. The number of methoxy groups -OCH3 is 1. The molecule has 4 rings (SSSR count). The number of ether oxygens (including phenoxy) is 1. The van der Waals surface area contributed by atoms with Crippen LogP contribution in [0.3, 0.4) is 0 Å². The first-order valence-corrected chi connectivity index (χ1v) is 9.53. The number of hydrogen-bond donors (Lipinski definition) is 0. The number of carbonyl (C=O) groups excluding carboxylic acids is 1. The fraction of sp³-hybridized carbons (Fsp3) is 0.150. The average molecular weight is 395 g/mol. The van der Waals surface area contributed by atoms with E-state index in [-0.39, 0.29) is 11.5 Å². The van der Waals surface area contributed by atoms with Crippen LogP contribution in [-0.2, 0) is 6.54 Å². The molecule has 142 valence electrons. The fourth-order valence-electron chi connectivity index (χ4n) is 2.77. The van der Waals surface area contributed by atoms with E-state index in [1.54, 1.807) is 37.8 Å². The van der Waals surface area contributed by atoms with Crippen LogP contribution in [0, 0.1) is 0 Å². The number of Topliss-reactive ketones (excluding diaryl/α,β-unsaturated/α-hetero) is 1. The molecule has 8 heteroatoms. The molecule has 3 heterocycles. The molecule has 0 spiro atoms. The Morgan fingerprint density at radius 1 is 1.07 bits per heavy atom. The number of hydrogen-bond acceptors (Lipinski definition) is 7. The summed E-state index contributed by atoms with van der Waals surface area (Å²) in [6.45, 7) is 0.432. The molecule has 0 atom stereocenters. The third-order valence-electron chi connectivity index (χ3n) is 4.09. The maximum absolute atomic E-state index is 12.7. The van der Waals surface area contributed by atoms with Crippen molar-refractivity contribution in [3.63, 3.8) is 0 Å². The third-order valence-corrected chi connectivity index (χ3v) is 5.06. The van der Waals surface area contributed by atoms with Gasteiger partial charge in [0.2, 0.25) is 5.82 Å². The maximum Gasteiger partial charge on any atom is 0.200 e. The number of nitrogens with zero attached hydrogens (tertiary/aromatic N) is 3. The molecule has 28 heavy (non-hydrogen) atoms. The number of furan rings is 2. The van der Waals surface area contributed by atoms with E-state index in [2.05, 4.69) is 10.2 Å². The summed E-state index contributed by atoms with van der Waals surface area (Å²) in [5.41, 5.74) is 0.542. The number of rotatable bonds is 8. The number of thioether (sulfide) groups is 1. The van der Waals surface area contributed by atoms with Crippen LogP contribution in [0.15, 0.2) is 75.0 Å². The molecule has 3 aromatic heterocycles. The van der Waals surface area contributed by atoms with Crippen LogP contribution >= 0.6 is 11.8 Å². The summed E-state index contributed by atoms with van der Waals surface area (Å²) in [5.74, 6) is 2.64. The summed E-state index contributed by atoms with van der Waals surface area (Å²) in [5, 5.41) is 9.10. The minimum absolute atomic E-state index is 0.0467. The van der Waals surface area contributed by atoms with Crippen molar-refractivity contribution in [1.29, 1.82) is 0 Å². The molecule has 4 aromatic rings. The number of aromatic nitrogens is 3. The number of benzene rings is 1. The average Bonchev–Trinajstić information content (AvgIpc) is 3.49. The van der Waals surface area contributed by atoms with Crippen molar-refractivity contribution in [2.75, 3.05) is 12.9 Å². The molecule has 0 amide bonds. The van der Waals surface area contributed by atoms with Gasteiger partial charge in [0.15, 0.2) is 16.7 Å². The van der Waals surface area contributed by atoms with E-state index in [4.69, 9.17) is 13.6 Å². The van der Waals surface area contributed by atoms with E-state index in [1.165, 1.54) is 11.8 Å². The Bertz CT molecular complexity index is 1060. The van der Waals surface area contributed by atoms with Crippen LogP contribution in [0.25, 0.3) is 11.6 Å². The first-order valence-electron chi connectivity index (χ1n) is 8.54. The van der Waals surface area contributed by atoms with E-state index >= 15 is 0 Å². The predicted molar refractivity (Wildman–Crippen MR) is 104 cm³/mol. The van der Waals surface area contributed by atoms with Crippen molar-refractivity contribution in [2.45, 2.75) is 11.7 Å². The second-order valence-corrected chi connectivity index (χ2v) is 6.80. The highest BCUT2D eigenvalue weighted by Crippen LogP contribution is 2.27. The van der Waals surface area contributed by atoms with Crippen molar-refractivity contribution < 1.29 is 18.4 Å². The van der Waals surface area contributed by atoms with Crippen molar-refractivity contribution >= 4 is 17.5 Å². The highest BCUT2D eigenvalue weighted by molar-refractivity contribution is 7.99. The number of ketones is 1. The molecule has 0 unspecified atom stereocenters. The second kappa shape index (κ2) is 8.18.